The van der Waals surface area contributed by atoms with E-state index in [2.05, 4.69) is 10.6 Å². The number of ether oxygens (including phenoxy) is 1. The smallest absolute Gasteiger partial charge is 0.398 e. The Hall–Kier alpha value is -1.96. The average molecular weight is 430 g/mol. The molecule has 0 radical (unpaired) electrons. The number of carbonyl (C=O) groups is 1. The lowest BCUT2D eigenvalue weighted by molar-refractivity contribution is -0.121. The summed E-state index contributed by atoms with van der Waals surface area (Å²) in [5, 5.41) is 5.36. The second-order valence-electron chi connectivity index (χ2n) is 9.12. The van der Waals surface area contributed by atoms with Gasteiger partial charge in [0, 0.05) is 30.9 Å². The van der Waals surface area contributed by atoms with Crippen LogP contribution in [0, 0.1) is 0 Å². The number of carbonyl (C=O) groups excluding carboxylic acids is 1. The zero-order valence-corrected chi connectivity index (χ0v) is 18.3. The highest BCUT2D eigenvalue weighted by molar-refractivity contribution is 5.76. The van der Waals surface area contributed by atoms with Gasteiger partial charge in [0.2, 0.25) is 5.91 Å². The van der Waals surface area contributed by atoms with E-state index in [0.717, 1.165) is 30.6 Å². The van der Waals surface area contributed by atoms with Gasteiger partial charge in [0.1, 0.15) is 6.54 Å². The van der Waals surface area contributed by atoms with Gasteiger partial charge >= 0.3 is 6.18 Å². The molecule has 2 rings (SSSR count). The third kappa shape index (κ3) is 7.38. The molecule has 2 atom stereocenters. The zero-order chi connectivity index (χ0) is 22.5. The third-order valence-corrected chi connectivity index (χ3v) is 5.40. The van der Waals surface area contributed by atoms with Crippen molar-refractivity contribution in [2.45, 2.75) is 77.0 Å². The maximum absolute atomic E-state index is 12.7. The number of halogens is 3. The van der Waals surface area contributed by atoms with Gasteiger partial charge in [-0.2, -0.15) is 13.2 Å². The molecule has 1 aliphatic rings. The predicted molar refractivity (Wildman–Crippen MR) is 114 cm³/mol. The standard InChI is InChI=1S/C22H34F3N3O2/c1-14(7-8-19(29)27-12-16-6-5-9-30-16)17-10-15(28-13-22(23,24)25)11-18(20(17)26)21(2,3)4/h10-11,14,16,28H,5-9,12-13,26H2,1-4H3,(H,27,29)/t14-,16?/m0/s1. The lowest BCUT2D eigenvalue weighted by atomic mass is 9.81. The number of anilines is 2. The van der Waals surface area contributed by atoms with Crippen LogP contribution in [-0.2, 0) is 14.9 Å². The van der Waals surface area contributed by atoms with E-state index in [0.29, 0.717) is 30.8 Å². The minimum Gasteiger partial charge on any atom is -0.398 e. The summed E-state index contributed by atoms with van der Waals surface area (Å²) >= 11 is 0. The van der Waals surface area contributed by atoms with Gasteiger partial charge in [-0.1, -0.05) is 27.7 Å². The summed E-state index contributed by atoms with van der Waals surface area (Å²) < 4.78 is 43.5. The van der Waals surface area contributed by atoms with Gasteiger partial charge in [-0.05, 0) is 53.9 Å². The summed E-state index contributed by atoms with van der Waals surface area (Å²) in [4.78, 5) is 12.2. The highest BCUT2D eigenvalue weighted by Gasteiger charge is 2.28. The molecule has 1 amide bonds. The number of benzene rings is 1. The molecule has 1 fully saturated rings. The van der Waals surface area contributed by atoms with Crippen molar-refractivity contribution >= 4 is 17.3 Å². The summed E-state index contributed by atoms with van der Waals surface area (Å²) in [6.45, 7) is 8.00. The first-order chi connectivity index (χ1) is 13.9. The first-order valence-electron chi connectivity index (χ1n) is 10.5. The second-order valence-corrected chi connectivity index (χ2v) is 9.12. The van der Waals surface area contributed by atoms with Crippen molar-refractivity contribution in [2.24, 2.45) is 0 Å². The molecule has 0 aromatic heterocycles. The molecule has 8 heteroatoms. The van der Waals surface area contributed by atoms with E-state index in [1.165, 1.54) is 0 Å². The normalized spacial score (nSPS) is 18.3. The molecule has 170 valence electrons. The molecule has 0 saturated carbocycles. The third-order valence-electron chi connectivity index (χ3n) is 5.40. The van der Waals surface area contributed by atoms with Crippen molar-refractivity contribution in [3.8, 4) is 0 Å². The highest BCUT2D eigenvalue weighted by atomic mass is 19.4. The SMILES string of the molecule is C[C@@H](CCC(=O)NCC1CCCO1)c1cc(NCC(F)(F)F)cc(C(C)(C)C)c1N. The lowest BCUT2D eigenvalue weighted by Gasteiger charge is -2.27. The Morgan fingerprint density at radius 1 is 1.30 bits per heavy atom. The van der Waals surface area contributed by atoms with Crippen LogP contribution in [0.25, 0.3) is 0 Å². The molecule has 1 aromatic rings. The van der Waals surface area contributed by atoms with Crippen LogP contribution in [-0.4, -0.2) is 37.9 Å². The Balaban J connectivity index is 2.07. The Morgan fingerprint density at radius 3 is 2.57 bits per heavy atom. The summed E-state index contributed by atoms with van der Waals surface area (Å²) in [6, 6.07) is 3.36. The van der Waals surface area contributed by atoms with E-state index < -0.39 is 12.7 Å². The highest BCUT2D eigenvalue weighted by Crippen LogP contribution is 2.37. The average Bonchev–Trinajstić information content (AvgIpc) is 3.15. The number of nitrogens with one attached hydrogen (secondary N) is 2. The van der Waals surface area contributed by atoms with Gasteiger partial charge in [-0.15, -0.1) is 0 Å². The van der Waals surface area contributed by atoms with E-state index >= 15 is 0 Å². The Morgan fingerprint density at radius 2 is 2.00 bits per heavy atom. The Labute approximate surface area is 176 Å². The number of hydrogen-bond donors (Lipinski definition) is 3. The monoisotopic (exact) mass is 429 g/mol. The molecule has 1 unspecified atom stereocenters. The summed E-state index contributed by atoms with van der Waals surface area (Å²) in [7, 11) is 0. The number of hydrogen-bond acceptors (Lipinski definition) is 4. The largest absolute Gasteiger partial charge is 0.405 e. The van der Waals surface area contributed by atoms with Crippen molar-refractivity contribution in [1.82, 2.24) is 5.32 Å². The first kappa shape index (κ1) is 24.3. The number of nitrogens with two attached hydrogens (primary N) is 1. The van der Waals surface area contributed by atoms with E-state index in [1.54, 1.807) is 12.1 Å². The number of amides is 1. The van der Waals surface area contributed by atoms with Gasteiger partial charge in [-0.3, -0.25) is 4.79 Å². The fourth-order valence-corrected chi connectivity index (χ4v) is 3.63. The van der Waals surface area contributed by atoms with Crippen LogP contribution in [0.4, 0.5) is 24.5 Å². The molecule has 0 bridgehead atoms. The topological polar surface area (TPSA) is 76.4 Å². The van der Waals surface area contributed by atoms with Crippen LogP contribution in [0.5, 0.6) is 0 Å². The minimum atomic E-state index is -4.31. The van der Waals surface area contributed by atoms with Crippen molar-refractivity contribution in [1.29, 1.82) is 0 Å². The van der Waals surface area contributed by atoms with Crippen molar-refractivity contribution < 1.29 is 22.7 Å². The molecule has 1 saturated heterocycles. The van der Waals surface area contributed by atoms with Gasteiger partial charge in [0.25, 0.3) is 0 Å². The van der Waals surface area contributed by atoms with Crippen molar-refractivity contribution in [3.63, 3.8) is 0 Å². The van der Waals surface area contributed by atoms with Gasteiger partial charge in [0.05, 0.1) is 6.10 Å². The number of rotatable bonds is 8. The molecule has 1 aliphatic heterocycles. The number of alkyl halides is 3. The van der Waals surface area contributed by atoms with Crippen molar-refractivity contribution in [3.05, 3.63) is 23.3 Å². The maximum Gasteiger partial charge on any atom is 0.405 e. The molecule has 30 heavy (non-hydrogen) atoms. The lowest BCUT2D eigenvalue weighted by Crippen LogP contribution is -2.31. The Kier molecular flexibility index (Phi) is 8.02. The van der Waals surface area contributed by atoms with Crippen LogP contribution in [0.1, 0.15) is 70.4 Å². The van der Waals surface area contributed by atoms with E-state index in [4.69, 9.17) is 10.5 Å². The van der Waals surface area contributed by atoms with Crippen LogP contribution in [0.2, 0.25) is 0 Å². The Bertz CT molecular complexity index is 724. The molecule has 1 heterocycles. The summed E-state index contributed by atoms with van der Waals surface area (Å²) in [5.74, 6) is -0.134. The predicted octanol–water partition coefficient (Wildman–Crippen LogP) is 4.72. The van der Waals surface area contributed by atoms with E-state index in [9.17, 15) is 18.0 Å². The van der Waals surface area contributed by atoms with Crippen LogP contribution in [0.3, 0.4) is 0 Å². The first-order valence-corrected chi connectivity index (χ1v) is 10.5. The van der Waals surface area contributed by atoms with Crippen LogP contribution in [0.15, 0.2) is 12.1 Å². The molecule has 0 spiro atoms. The molecular formula is C22H34F3N3O2. The van der Waals surface area contributed by atoms with Crippen LogP contribution >= 0.6 is 0 Å². The maximum atomic E-state index is 12.7. The molecular weight excluding hydrogens is 395 g/mol. The van der Waals surface area contributed by atoms with Gasteiger partial charge in [-0.25, -0.2) is 0 Å². The van der Waals surface area contributed by atoms with Gasteiger partial charge in [0.15, 0.2) is 0 Å². The van der Waals surface area contributed by atoms with E-state index in [1.807, 2.05) is 27.7 Å². The van der Waals surface area contributed by atoms with Crippen LogP contribution < -0.4 is 16.4 Å². The zero-order valence-electron chi connectivity index (χ0n) is 18.3. The fourth-order valence-electron chi connectivity index (χ4n) is 3.63. The fraction of sp³-hybridized carbons (Fsp3) is 0.682. The summed E-state index contributed by atoms with van der Waals surface area (Å²) in [6.07, 6.45) is -1.37. The molecule has 1 aromatic carbocycles. The van der Waals surface area contributed by atoms with E-state index in [-0.39, 0.29) is 23.3 Å². The molecule has 4 N–H and O–H groups in total. The second kappa shape index (κ2) is 9.90. The minimum absolute atomic E-state index is 0.0571. The van der Waals surface area contributed by atoms with Gasteiger partial charge < -0.3 is 21.1 Å². The molecule has 5 nitrogen and oxygen atoms in total. The molecule has 0 aliphatic carbocycles. The quantitative estimate of drug-likeness (QED) is 0.523. The number of nitrogen functional groups attached to an aromatic ring is 1. The summed E-state index contributed by atoms with van der Waals surface area (Å²) in [5.41, 5.74) is 8.59. The van der Waals surface area contributed by atoms with Crippen molar-refractivity contribution in [2.75, 3.05) is 30.7 Å².